The van der Waals surface area contributed by atoms with Crippen molar-refractivity contribution in [3.63, 3.8) is 0 Å². The number of nitrogens with one attached hydrogen (secondary N) is 3. The molecule has 0 spiro atoms. The summed E-state index contributed by atoms with van der Waals surface area (Å²) in [7, 11) is 0. The highest BCUT2D eigenvalue weighted by atomic mass is 16.6. The molecule has 3 aliphatic rings. The molecule has 2 aromatic rings. The number of pyridine rings is 1. The van der Waals surface area contributed by atoms with Gasteiger partial charge in [0.2, 0.25) is 0 Å². The van der Waals surface area contributed by atoms with E-state index >= 15 is 0 Å². The van der Waals surface area contributed by atoms with Crippen molar-refractivity contribution < 1.29 is 14.3 Å². The first-order chi connectivity index (χ1) is 16.5. The van der Waals surface area contributed by atoms with E-state index < -0.39 is 0 Å². The number of alkyl carbamates (subject to hydrolysis) is 1. The predicted molar refractivity (Wildman–Crippen MR) is 131 cm³/mol. The first-order valence-corrected chi connectivity index (χ1v) is 12.6. The number of carbonyl (C=O) groups excluding carboxylic acids is 1. The van der Waals surface area contributed by atoms with Gasteiger partial charge in [0, 0.05) is 36.3 Å². The van der Waals surface area contributed by atoms with E-state index in [1.54, 1.807) is 0 Å². The Kier molecular flexibility index (Phi) is 6.63. The van der Waals surface area contributed by atoms with Crippen molar-refractivity contribution in [2.24, 2.45) is 5.92 Å². The largest absolute Gasteiger partial charge is 0.446 e. The van der Waals surface area contributed by atoms with Crippen LogP contribution in [0.15, 0.2) is 24.4 Å². The molecule has 2 unspecified atom stereocenters. The van der Waals surface area contributed by atoms with Crippen LogP contribution in [0.2, 0.25) is 0 Å². The summed E-state index contributed by atoms with van der Waals surface area (Å²) in [6.07, 6.45) is 7.44. The Balaban J connectivity index is 1.09. The van der Waals surface area contributed by atoms with Crippen molar-refractivity contribution in [1.82, 2.24) is 20.5 Å². The maximum atomic E-state index is 12.4. The van der Waals surface area contributed by atoms with Crippen LogP contribution in [0.4, 0.5) is 22.1 Å². The summed E-state index contributed by atoms with van der Waals surface area (Å²) in [5, 5.41) is 14.0. The highest BCUT2D eigenvalue weighted by molar-refractivity contribution is 5.68. The Morgan fingerprint density at radius 3 is 2.85 bits per heavy atom. The molecule has 3 N–H and O–H groups in total. The zero-order chi connectivity index (χ0) is 23.5. The van der Waals surface area contributed by atoms with E-state index in [2.05, 4.69) is 44.6 Å². The van der Waals surface area contributed by atoms with Crippen LogP contribution in [0, 0.1) is 5.92 Å². The van der Waals surface area contributed by atoms with Crippen molar-refractivity contribution in [1.29, 1.82) is 0 Å². The Labute approximate surface area is 201 Å². The number of anilines is 3. The van der Waals surface area contributed by atoms with E-state index in [9.17, 15) is 4.79 Å². The summed E-state index contributed by atoms with van der Waals surface area (Å²) in [4.78, 5) is 19.2. The summed E-state index contributed by atoms with van der Waals surface area (Å²) in [5.41, 5.74) is 1.87. The lowest BCUT2D eigenvalue weighted by Gasteiger charge is -2.45. The van der Waals surface area contributed by atoms with Crippen LogP contribution in [0.3, 0.4) is 0 Å². The number of morpholine rings is 1. The molecule has 3 heterocycles. The minimum Gasteiger partial charge on any atom is -0.446 e. The molecule has 0 bridgehead atoms. The number of hydrogen-bond donors (Lipinski definition) is 3. The molecule has 3 fully saturated rings. The fourth-order valence-electron chi connectivity index (χ4n) is 5.56. The molecule has 2 aromatic heterocycles. The van der Waals surface area contributed by atoms with Crippen LogP contribution < -0.4 is 15.5 Å². The van der Waals surface area contributed by atoms with Crippen molar-refractivity contribution in [2.75, 3.05) is 36.5 Å². The first-order valence-electron chi connectivity index (χ1n) is 12.6. The van der Waals surface area contributed by atoms with Gasteiger partial charge in [0.05, 0.1) is 25.1 Å². The molecule has 2 aliphatic carbocycles. The number of nitrogens with zero attached hydrogens (tertiary/aromatic N) is 3. The first kappa shape index (κ1) is 23.0. The van der Waals surface area contributed by atoms with E-state index in [-0.39, 0.29) is 17.7 Å². The zero-order valence-corrected chi connectivity index (χ0v) is 20.2. The van der Waals surface area contributed by atoms with Crippen LogP contribution in [-0.4, -0.2) is 59.2 Å². The quantitative estimate of drug-likeness (QED) is 0.556. The lowest BCUT2D eigenvalue weighted by Crippen LogP contribution is -2.55. The molecule has 2 saturated carbocycles. The molecule has 0 radical (unpaired) electrons. The van der Waals surface area contributed by atoms with E-state index in [1.807, 2.05) is 24.4 Å². The molecule has 0 aromatic carbocycles. The molecule has 5 rings (SSSR count). The molecule has 34 heavy (non-hydrogen) atoms. The maximum absolute atomic E-state index is 12.4. The molecule has 1 saturated heterocycles. The summed E-state index contributed by atoms with van der Waals surface area (Å²) < 4.78 is 11.2. The summed E-state index contributed by atoms with van der Waals surface area (Å²) in [5.74, 6) is 2.77. The second kappa shape index (κ2) is 9.82. The normalized spacial score (nSPS) is 28.9. The van der Waals surface area contributed by atoms with Gasteiger partial charge in [-0.1, -0.05) is 13.3 Å². The second-order valence-corrected chi connectivity index (χ2v) is 10.2. The lowest BCUT2D eigenvalue weighted by molar-refractivity contribution is 0.0650. The number of ether oxygens (including phenoxy) is 2. The monoisotopic (exact) mass is 468 g/mol. The maximum Gasteiger partial charge on any atom is 0.407 e. The van der Waals surface area contributed by atoms with Gasteiger partial charge >= 0.3 is 6.09 Å². The SMILES string of the molecule is CCC1CC(C)(NC(=O)OC2CCC(c3cc(Nc4ccc(N5CCOCC5)nc4)n[nH]3)C2)C1. The average molecular weight is 469 g/mol. The third-order valence-corrected chi connectivity index (χ3v) is 7.51. The van der Waals surface area contributed by atoms with E-state index in [4.69, 9.17) is 9.47 Å². The molecule has 2 atom stereocenters. The lowest BCUT2D eigenvalue weighted by atomic mass is 9.68. The highest BCUT2D eigenvalue weighted by Crippen LogP contribution is 2.40. The van der Waals surface area contributed by atoms with Gasteiger partial charge < -0.3 is 25.0 Å². The predicted octanol–water partition coefficient (Wildman–Crippen LogP) is 4.33. The number of carbonyl (C=O) groups is 1. The number of aromatic amines is 1. The minimum absolute atomic E-state index is 0.0488. The topological polar surface area (TPSA) is 104 Å². The Morgan fingerprint density at radius 1 is 1.29 bits per heavy atom. The smallest absolute Gasteiger partial charge is 0.407 e. The zero-order valence-electron chi connectivity index (χ0n) is 20.2. The summed E-state index contributed by atoms with van der Waals surface area (Å²) >= 11 is 0. The van der Waals surface area contributed by atoms with Gasteiger partial charge in [-0.2, -0.15) is 5.10 Å². The molecule has 9 nitrogen and oxygen atoms in total. The van der Waals surface area contributed by atoms with Crippen molar-refractivity contribution in [3.8, 4) is 0 Å². The Morgan fingerprint density at radius 2 is 2.12 bits per heavy atom. The van der Waals surface area contributed by atoms with Crippen LogP contribution in [0.5, 0.6) is 0 Å². The fraction of sp³-hybridized carbons (Fsp3) is 0.640. The molecular formula is C25H36N6O3. The van der Waals surface area contributed by atoms with Crippen molar-refractivity contribution >= 4 is 23.4 Å². The average Bonchev–Trinajstić information content (AvgIpc) is 3.48. The number of rotatable bonds is 7. The van der Waals surface area contributed by atoms with Gasteiger partial charge in [0.1, 0.15) is 11.9 Å². The van der Waals surface area contributed by atoms with Crippen LogP contribution >= 0.6 is 0 Å². The summed E-state index contributed by atoms with van der Waals surface area (Å²) in [6.45, 7) is 7.55. The number of H-pyrrole nitrogens is 1. The highest BCUT2D eigenvalue weighted by Gasteiger charge is 2.41. The van der Waals surface area contributed by atoms with E-state index in [0.29, 0.717) is 5.92 Å². The third kappa shape index (κ3) is 5.29. The second-order valence-electron chi connectivity index (χ2n) is 10.2. The van der Waals surface area contributed by atoms with Gasteiger partial charge in [0.25, 0.3) is 0 Å². The van der Waals surface area contributed by atoms with Crippen molar-refractivity contribution in [3.05, 3.63) is 30.1 Å². The standard InChI is InChI=1S/C25H36N6O3/c1-3-17-14-25(2,15-17)28-24(32)34-20-6-4-18(12-20)21-13-22(30-29-21)27-19-5-7-23(26-16-19)31-8-10-33-11-9-31/h5,7,13,16-18,20H,3-4,6,8-12,14-15H2,1-2H3,(H,28,32)(H2,27,29,30). The molecular weight excluding hydrogens is 432 g/mol. The van der Waals surface area contributed by atoms with E-state index in [1.165, 1.54) is 6.42 Å². The van der Waals surface area contributed by atoms with Crippen LogP contribution in [0.25, 0.3) is 0 Å². The fourth-order valence-corrected chi connectivity index (χ4v) is 5.56. The molecule has 9 heteroatoms. The van der Waals surface area contributed by atoms with Gasteiger partial charge in [-0.15, -0.1) is 0 Å². The van der Waals surface area contributed by atoms with Gasteiger partial charge in [-0.25, -0.2) is 9.78 Å². The number of amides is 1. The summed E-state index contributed by atoms with van der Waals surface area (Å²) in [6, 6.07) is 6.09. The molecule has 1 amide bonds. The van der Waals surface area contributed by atoms with Crippen LogP contribution in [-0.2, 0) is 9.47 Å². The Hall–Kier alpha value is -2.81. The number of hydrogen-bond acceptors (Lipinski definition) is 7. The minimum atomic E-state index is -0.275. The molecule has 184 valence electrons. The number of aromatic nitrogens is 3. The van der Waals surface area contributed by atoms with Crippen LogP contribution in [0.1, 0.15) is 64.0 Å². The van der Waals surface area contributed by atoms with Gasteiger partial charge in [0.15, 0.2) is 5.82 Å². The van der Waals surface area contributed by atoms with Gasteiger partial charge in [-0.3, -0.25) is 5.10 Å². The molecule has 1 aliphatic heterocycles. The Bertz CT molecular complexity index is 965. The van der Waals surface area contributed by atoms with E-state index in [0.717, 1.165) is 87.3 Å². The third-order valence-electron chi connectivity index (χ3n) is 7.51. The van der Waals surface area contributed by atoms with Crippen molar-refractivity contribution in [2.45, 2.75) is 69.9 Å². The van der Waals surface area contributed by atoms with Gasteiger partial charge in [-0.05, 0) is 57.1 Å².